The molecule has 1 aromatic carbocycles. The van der Waals surface area contributed by atoms with Crippen molar-refractivity contribution in [3.8, 4) is 0 Å². The molecule has 5 nitrogen and oxygen atoms in total. The first-order valence-corrected chi connectivity index (χ1v) is 6.53. The van der Waals surface area contributed by atoms with Gasteiger partial charge in [0, 0.05) is 11.6 Å². The van der Waals surface area contributed by atoms with Crippen LogP contribution in [0.5, 0.6) is 0 Å². The molecule has 104 valence electrons. The minimum absolute atomic E-state index is 0.272. The monoisotopic (exact) mass is 278 g/mol. The minimum atomic E-state index is -0.330. The number of nitrogens with zero attached hydrogens (tertiary/aromatic N) is 2. The van der Waals surface area contributed by atoms with Gasteiger partial charge in [0.15, 0.2) is 0 Å². The van der Waals surface area contributed by atoms with E-state index in [0.29, 0.717) is 11.6 Å². The van der Waals surface area contributed by atoms with Gasteiger partial charge in [0.25, 0.3) is 5.91 Å². The lowest BCUT2D eigenvalue weighted by molar-refractivity contribution is 0.102. The molecule has 21 heavy (non-hydrogen) atoms. The summed E-state index contributed by atoms with van der Waals surface area (Å²) in [5, 5.41) is 4.43. The molecular weight excluding hydrogens is 264 g/mol. The van der Waals surface area contributed by atoms with E-state index in [1.807, 2.05) is 37.3 Å². The van der Waals surface area contributed by atoms with E-state index in [2.05, 4.69) is 15.3 Å². The number of amides is 1. The van der Waals surface area contributed by atoms with Crippen molar-refractivity contribution in [1.82, 2.24) is 9.97 Å². The van der Waals surface area contributed by atoms with Gasteiger partial charge in [0.05, 0.1) is 0 Å². The first-order chi connectivity index (χ1) is 10.1. The number of anilines is 2. The molecule has 0 unspecified atom stereocenters. The van der Waals surface area contributed by atoms with Crippen molar-refractivity contribution in [2.75, 3.05) is 11.1 Å². The number of carbonyl (C=O) groups is 1. The molecule has 3 N–H and O–H groups in total. The van der Waals surface area contributed by atoms with Crippen molar-refractivity contribution in [3.63, 3.8) is 0 Å². The van der Waals surface area contributed by atoms with Gasteiger partial charge in [-0.2, -0.15) is 0 Å². The summed E-state index contributed by atoms with van der Waals surface area (Å²) in [6.07, 6.45) is 1.69. The Kier molecular flexibility index (Phi) is 3.23. The summed E-state index contributed by atoms with van der Waals surface area (Å²) in [5.74, 6) is 0.498. The smallest absolute Gasteiger partial charge is 0.275 e. The van der Waals surface area contributed by atoms with Crippen LogP contribution in [0.15, 0.2) is 48.7 Å². The van der Waals surface area contributed by atoms with E-state index in [9.17, 15) is 4.79 Å². The van der Waals surface area contributed by atoms with Crippen LogP contribution in [-0.2, 0) is 0 Å². The highest BCUT2D eigenvalue weighted by atomic mass is 16.1. The second-order valence-corrected chi connectivity index (χ2v) is 4.79. The van der Waals surface area contributed by atoms with E-state index in [-0.39, 0.29) is 11.6 Å². The van der Waals surface area contributed by atoms with Crippen LogP contribution in [0.3, 0.4) is 0 Å². The Balaban J connectivity index is 1.92. The van der Waals surface area contributed by atoms with Crippen molar-refractivity contribution in [2.24, 2.45) is 0 Å². The van der Waals surface area contributed by atoms with Crippen LogP contribution in [0.25, 0.3) is 10.8 Å². The fourth-order valence-electron chi connectivity index (χ4n) is 2.06. The average molecular weight is 278 g/mol. The molecule has 0 saturated carbocycles. The van der Waals surface area contributed by atoms with Gasteiger partial charge in [-0.15, -0.1) is 0 Å². The summed E-state index contributed by atoms with van der Waals surface area (Å²) in [4.78, 5) is 20.5. The van der Waals surface area contributed by atoms with Crippen LogP contribution in [-0.4, -0.2) is 15.9 Å². The maximum absolute atomic E-state index is 12.2. The summed E-state index contributed by atoms with van der Waals surface area (Å²) < 4.78 is 0. The number of nitrogens with one attached hydrogen (secondary N) is 1. The highest BCUT2D eigenvalue weighted by Crippen LogP contribution is 2.20. The van der Waals surface area contributed by atoms with Crippen molar-refractivity contribution >= 4 is 28.3 Å². The van der Waals surface area contributed by atoms with Crippen molar-refractivity contribution < 1.29 is 4.79 Å². The summed E-state index contributed by atoms with van der Waals surface area (Å²) >= 11 is 0. The summed E-state index contributed by atoms with van der Waals surface area (Å²) in [6, 6.07) is 12.9. The van der Waals surface area contributed by atoms with Gasteiger partial charge in [0.1, 0.15) is 17.3 Å². The maximum Gasteiger partial charge on any atom is 0.275 e. The Morgan fingerprint density at radius 3 is 2.76 bits per heavy atom. The van der Waals surface area contributed by atoms with Crippen LogP contribution in [0, 0.1) is 6.92 Å². The van der Waals surface area contributed by atoms with E-state index in [1.54, 1.807) is 18.3 Å². The molecule has 0 bridgehead atoms. The first-order valence-electron chi connectivity index (χ1n) is 6.53. The standard InChI is InChI=1S/C16H14N4O/c1-10-6-7-14(18-9-10)20-16(21)13-8-11-4-2-3-5-12(11)15(17)19-13/h2-9H,1H3,(H2,17,19)(H,18,20,21). The number of hydrogen-bond acceptors (Lipinski definition) is 4. The molecule has 0 aliphatic carbocycles. The molecule has 0 fully saturated rings. The molecule has 3 rings (SSSR count). The average Bonchev–Trinajstić information content (AvgIpc) is 2.49. The third-order valence-corrected chi connectivity index (χ3v) is 3.16. The normalized spacial score (nSPS) is 10.5. The van der Waals surface area contributed by atoms with Crippen LogP contribution in [0.4, 0.5) is 11.6 Å². The zero-order chi connectivity index (χ0) is 14.8. The van der Waals surface area contributed by atoms with E-state index >= 15 is 0 Å². The van der Waals surface area contributed by atoms with E-state index < -0.39 is 0 Å². The van der Waals surface area contributed by atoms with Gasteiger partial charge in [-0.1, -0.05) is 30.3 Å². The number of carbonyl (C=O) groups excluding carboxylic acids is 1. The molecular formula is C16H14N4O. The molecule has 5 heteroatoms. The van der Waals surface area contributed by atoms with E-state index in [1.165, 1.54) is 0 Å². The molecule has 3 aromatic rings. The lowest BCUT2D eigenvalue weighted by Crippen LogP contribution is -2.15. The van der Waals surface area contributed by atoms with Crippen LogP contribution >= 0.6 is 0 Å². The maximum atomic E-state index is 12.2. The van der Waals surface area contributed by atoms with Gasteiger partial charge >= 0.3 is 0 Å². The second kappa shape index (κ2) is 5.20. The molecule has 2 aromatic heterocycles. The fourth-order valence-corrected chi connectivity index (χ4v) is 2.06. The molecule has 0 atom stereocenters. The number of pyridine rings is 2. The fraction of sp³-hybridized carbons (Fsp3) is 0.0625. The third kappa shape index (κ3) is 2.67. The summed E-state index contributed by atoms with van der Waals surface area (Å²) in [6.45, 7) is 1.93. The van der Waals surface area contributed by atoms with Gasteiger partial charge < -0.3 is 11.1 Å². The number of nitrogens with two attached hydrogens (primary N) is 1. The van der Waals surface area contributed by atoms with Gasteiger partial charge in [-0.25, -0.2) is 9.97 Å². The van der Waals surface area contributed by atoms with E-state index in [4.69, 9.17) is 5.73 Å². The van der Waals surface area contributed by atoms with Crippen LogP contribution < -0.4 is 11.1 Å². The van der Waals surface area contributed by atoms with E-state index in [0.717, 1.165) is 16.3 Å². The molecule has 0 aliphatic rings. The Morgan fingerprint density at radius 2 is 2.00 bits per heavy atom. The lowest BCUT2D eigenvalue weighted by atomic mass is 10.1. The Labute approximate surface area is 121 Å². The van der Waals surface area contributed by atoms with Crippen molar-refractivity contribution in [1.29, 1.82) is 0 Å². The Hall–Kier alpha value is -2.95. The summed E-state index contributed by atoms with van der Waals surface area (Å²) in [7, 11) is 0. The van der Waals surface area contributed by atoms with Crippen molar-refractivity contribution in [2.45, 2.75) is 6.92 Å². The molecule has 0 aliphatic heterocycles. The second-order valence-electron chi connectivity index (χ2n) is 4.79. The molecule has 0 saturated heterocycles. The largest absolute Gasteiger partial charge is 0.383 e. The lowest BCUT2D eigenvalue weighted by Gasteiger charge is -2.07. The number of fused-ring (bicyclic) bond motifs is 1. The third-order valence-electron chi connectivity index (χ3n) is 3.16. The zero-order valence-electron chi connectivity index (χ0n) is 11.5. The number of aryl methyl sites for hydroxylation is 1. The Bertz CT molecular complexity index is 812. The van der Waals surface area contributed by atoms with Crippen LogP contribution in [0.2, 0.25) is 0 Å². The molecule has 1 amide bonds. The SMILES string of the molecule is Cc1ccc(NC(=O)c2cc3ccccc3c(N)n2)nc1. The van der Waals surface area contributed by atoms with Gasteiger partial charge in [-0.05, 0) is 30.0 Å². The molecule has 2 heterocycles. The highest BCUT2D eigenvalue weighted by Gasteiger charge is 2.11. The quantitative estimate of drug-likeness (QED) is 0.755. The summed E-state index contributed by atoms with van der Waals surface area (Å²) in [5.41, 5.74) is 7.20. The minimum Gasteiger partial charge on any atom is -0.383 e. The zero-order valence-corrected chi connectivity index (χ0v) is 11.5. The van der Waals surface area contributed by atoms with Crippen LogP contribution in [0.1, 0.15) is 16.1 Å². The van der Waals surface area contributed by atoms with Crippen molar-refractivity contribution in [3.05, 3.63) is 59.9 Å². The topological polar surface area (TPSA) is 80.9 Å². The Morgan fingerprint density at radius 1 is 1.19 bits per heavy atom. The predicted molar refractivity (Wildman–Crippen MR) is 83.1 cm³/mol. The number of hydrogen-bond donors (Lipinski definition) is 2. The molecule has 0 radical (unpaired) electrons. The number of nitrogen functional groups attached to an aromatic ring is 1. The number of aromatic nitrogens is 2. The highest BCUT2D eigenvalue weighted by molar-refractivity contribution is 6.05. The van der Waals surface area contributed by atoms with Gasteiger partial charge in [0.2, 0.25) is 0 Å². The van der Waals surface area contributed by atoms with Gasteiger partial charge in [-0.3, -0.25) is 4.79 Å². The first kappa shape index (κ1) is 13.1. The number of rotatable bonds is 2. The number of benzene rings is 1. The molecule has 0 spiro atoms. The predicted octanol–water partition coefficient (Wildman–Crippen LogP) is 2.77.